The fraction of sp³-hybridized carbons (Fsp3) is 0.447. The number of anilines is 2. The summed E-state index contributed by atoms with van der Waals surface area (Å²) in [6.45, 7) is 2.44. The molecule has 1 atom stereocenters. The quantitative estimate of drug-likeness (QED) is 0.245. The monoisotopic (exact) mass is 709 g/mol. The molecule has 8 nitrogen and oxygen atoms in total. The summed E-state index contributed by atoms with van der Waals surface area (Å²) in [7, 11) is 0. The van der Waals surface area contributed by atoms with E-state index in [1.54, 1.807) is 9.80 Å². The second-order valence-electron chi connectivity index (χ2n) is 13.7. The van der Waals surface area contributed by atoms with Crippen LogP contribution in [0.2, 0.25) is 5.02 Å². The molecule has 0 radical (unpaired) electrons. The summed E-state index contributed by atoms with van der Waals surface area (Å²) in [6, 6.07) is 20.0. The van der Waals surface area contributed by atoms with Crippen molar-refractivity contribution >= 4 is 40.8 Å². The summed E-state index contributed by atoms with van der Waals surface area (Å²) in [5, 5.41) is 2.77. The van der Waals surface area contributed by atoms with Crippen molar-refractivity contribution in [2.45, 2.75) is 63.6 Å². The number of hydrogen-bond donors (Lipinski definition) is 2. The number of nitrogens with two attached hydrogens (primary N) is 1. The molecule has 50 heavy (non-hydrogen) atoms. The number of nitrogen functional groups attached to an aromatic ring is 1. The predicted octanol–water partition coefficient (Wildman–Crippen LogP) is 7.05. The lowest BCUT2D eigenvalue weighted by atomic mass is 9.88. The highest BCUT2D eigenvalue weighted by atomic mass is 35.5. The van der Waals surface area contributed by atoms with E-state index in [1.807, 2.05) is 47.4 Å². The number of urea groups is 1. The van der Waals surface area contributed by atoms with Crippen LogP contribution >= 0.6 is 11.6 Å². The molecular formula is C38H43ClF3N5O3. The van der Waals surface area contributed by atoms with Gasteiger partial charge < -0.3 is 25.8 Å². The Morgan fingerprint density at radius 2 is 1.54 bits per heavy atom. The number of rotatable bonds is 8. The fourth-order valence-corrected chi connectivity index (χ4v) is 7.87. The Balaban J connectivity index is 1.12. The van der Waals surface area contributed by atoms with Gasteiger partial charge >= 0.3 is 12.2 Å². The summed E-state index contributed by atoms with van der Waals surface area (Å²) in [6.07, 6.45) is -0.525. The van der Waals surface area contributed by atoms with Crippen LogP contribution in [-0.4, -0.2) is 71.3 Å². The van der Waals surface area contributed by atoms with Gasteiger partial charge in [0.05, 0.1) is 22.2 Å². The van der Waals surface area contributed by atoms with Gasteiger partial charge in [-0.05, 0) is 85.8 Å². The minimum absolute atomic E-state index is 0.0410. The summed E-state index contributed by atoms with van der Waals surface area (Å²) in [5.74, 6) is -0.935. The number of alkyl halides is 3. The Hall–Kier alpha value is -4.25. The molecule has 0 aromatic heterocycles. The lowest BCUT2D eigenvalue weighted by Crippen LogP contribution is -2.50. The van der Waals surface area contributed by atoms with Crippen LogP contribution in [0.1, 0.15) is 54.4 Å². The highest BCUT2D eigenvalue weighted by Crippen LogP contribution is 2.39. The second kappa shape index (κ2) is 15.3. The number of nitrogens with zero attached hydrogens (tertiary/aromatic N) is 3. The molecule has 0 aliphatic carbocycles. The Kier molecular flexibility index (Phi) is 10.9. The van der Waals surface area contributed by atoms with Crippen LogP contribution in [0.4, 0.5) is 29.3 Å². The molecule has 266 valence electrons. The van der Waals surface area contributed by atoms with Gasteiger partial charge in [-0.3, -0.25) is 9.59 Å². The third-order valence-electron chi connectivity index (χ3n) is 10.4. The maximum absolute atomic E-state index is 14.1. The molecule has 3 aliphatic heterocycles. The van der Waals surface area contributed by atoms with Crippen molar-refractivity contribution in [3.63, 3.8) is 0 Å². The van der Waals surface area contributed by atoms with Crippen LogP contribution in [0, 0.1) is 11.8 Å². The van der Waals surface area contributed by atoms with Gasteiger partial charge in [0.25, 0.3) is 0 Å². The van der Waals surface area contributed by atoms with Gasteiger partial charge in [0.15, 0.2) is 0 Å². The first kappa shape index (κ1) is 35.6. The van der Waals surface area contributed by atoms with E-state index in [9.17, 15) is 27.6 Å². The van der Waals surface area contributed by atoms with Crippen LogP contribution in [0.5, 0.6) is 0 Å². The van der Waals surface area contributed by atoms with Gasteiger partial charge in [-0.15, -0.1) is 0 Å². The molecule has 3 heterocycles. The van der Waals surface area contributed by atoms with Crippen LogP contribution in [0.15, 0.2) is 66.7 Å². The first-order valence-electron chi connectivity index (χ1n) is 17.4. The molecule has 0 saturated carbocycles. The van der Waals surface area contributed by atoms with E-state index in [2.05, 4.69) is 17.4 Å². The molecule has 2 fully saturated rings. The Labute approximate surface area is 295 Å². The summed E-state index contributed by atoms with van der Waals surface area (Å²) >= 11 is 6.14. The van der Waals surface area contributed by atoms with Gasteiger partial charge in [0, 0.05) is 50.9 Å². The molecule has 1 unspecified atom stereocenters. The zero-order valence-electron chi connectivity index (χ0n) is 27.9. The van der Waals surface area contributed by atoms with Crippen LogP contribution < -0.4 is 11.1 Å². The number of carbonyl (C=O) groups excluding carboxylic acids is 3. The maximum atomic E-state index is 14.1. The molecule has 6 rings (SSSR count). The minimum atomic E-state index is -4.73. The fourth-order valence-electron chi connectivity index (χ4n) is 7.63. The lowest BCUT2D eigenvalue weighted by molar-refractivity contribution is -0.143. The van der Waals surface area contributed by atoms with E-state index in [1.165, 1.54) is 11.6 Å². The average molecular weight is 710 g/mol. The zero-order valence-corrected chi connectivity index (χ0v) is 28.7. The Bertz CT molecular complexity index is 1690. The van der Waals surface area contributed by atoms with Crippen molar-refractivity contribution in [2.75, 3.05) is 43.8 Å². The normalized spacial score (nSPS) is 18.3. The van der Waals surface area contributed by atoms with E-state index in [-0.39, 0.29) is 47.3 Å². The summed E-state index contributed by atoms with van der Waals surface area (Å²) in [4.78, 5) is 46.2. The highest BCUT2D eigenvalue weighted by Gasteiger charge is 2.37. The van der Waals surface area contributed by atoms with Crippen molar-refractivity contribution in [1.29, 1.82) is 0 Å². The van der Waals surface area contributed by atoms with E-state index < -0.39 is 23.3 Å². The maximum Gasteiger partial charge on any atom is 0.418 e. The number of halogens is 4. The van der Waals surface area contributed by atoms with Crippen molar-refractivity contribution in [1.82, 2.24) is 14.7 Å². The summed E-state index contributed by atoms with van der Waals surface area (Å²) in [5.41, 5.74) is 7.40. The van der Waals surface area contributed by atoms with Crippen molar-refractivity contribution in [2.24, 2.45) is 11.8 Å². The van der Waals surface area contributed by atoms with Crippen LogP contribution in [0.25, 0.3) is 0 Å². The Morgan fingerprint density at radius 1 is 0.880 bits per heavy atom. The van der Waals surface area contributed by atoms with Crippen LogP contribution in [-0.2, 0) is 35.0 Å². The van der Waals surface area contributed by atoms with Gasteiger partial charge in [-0.25, -0.2) is 4.79 Å². The minimum Gasteiger partial charge on any atom is -0.397 e. The van der Waals surface area contributed by atoms with Crippen LogP contribution in [0.3, 0.4) is 0 Å². The van der Waals surface area contributed by atoms with Crippen molar-refractivity contribution in [3.8, 4) is 0 Å². The van der Waals surface area contributed by atoms with Crippen molar-refractivity contribution < 1.29 is 27.6 Å². The molecular weight excluding hydrogens is 667 g/mol. The number of amides is 4. The number of benzene rings is 3. The number of hydrogen-bond acceptors (Lipinski definition) is 4. The standard InChI is InChI=1S/C38H43ClF3N5O3/c39-32-23-27(22-31(35(32)43)38(40,41)42)21-29(36(49)46-15-10-26(11-16-46)20-25-6-2-1-3-7-25)24-34(48)45-17-13-30(14-18-45)47-19-12-28-8-4-5-9-33(28)44-37(47)50/h1-9,22-23,26,29-30H,10-21,24,43H2,(H,44,50). The van der Waals surface area contributed by atoms with Gasteiger partial charge in [-0.2, -0.15) is 13.2 Å². The number of fused-ring (bicyclic) bond motifs is 1. The van der Waals surface area contributed by atoms with Gasteiger partial charge in [0.2, 0.25) is 11.8 Å². The number of piperidine rings is 2. The topological polar surface area (TPSA) is 99.0 Å². The molecule has 0 bridgehead atoms. The molecule has 0 spiro atoms. The zero-order chi connectivity index (χ0) is 35.4. The van der Waals surface area contributed by atoms with Crippen molar-refractivity contribution in [3.05, 3.63) is 94.0 Å². The third-order valence-corrected chi connectivity index (χ3v) is 10.8. The SMILES string of the molecule is Nc1c(Cl)cc(CC(CC(=O)N2CCC(N3CCc4ccccc4NC3=O)CC2)C(=O)N2CCC(Cc3ccccc3)CC2)cc1C(F)(F)F. The molecule has 3 N–H and O–H groups in total. The van der Waals surface area contributed by atoms with E-state index in [4.69, 9.17) is 17.3 Å². The number of nitrogens with one attached hydrogen (secondary N) is 1. The first-order chi connectivity index (χ1) is 24.0. The first-order valence-corrected chi connectivity index (χ1v) is 17.7. The molecule has 3 aromatic carbocycles. The average Bonchev–Trinajstić information content (AvgIpc) is 3.27. The molecule has 3 aromatic rings. The Morgan fingerprint density at radius 3 is 2.24 bits per heavy atom. The largest absolute Gasteiger partial charge is 0.418 e. The predicted molar refractivity (Wildman–Crippen MR) is 188 cm³/mol. The number of likely N-dealkylation sites (tertiary alicyclic amines) is 2. The van der Waals surface area contributed by atoms with E-state index >= 15 is 0 Å². The number of carbonyl (C=O) groups is 3. The molecule has 2 saturated heterocycles. The molecule has 3 aliphatic rings. The third kappa shape index (κ3) is 8.37. The molecule has 4 amide bonds. The second-order valence-corrected chi connectivity index (χ2v) is 14.2. The lowest BCUT2D eigenvalue weighted by Gasteiger charge is -2.38. The summed E-state index contributed by atoms with van der Waals surface area (Å²) < 4.78 is 41.5. The smallest absolute Gasteiger partial charge is 0.397 e. The number of para-hydroxylation sites is 1. The van der Waals surface area contributed by atoms with E-state index in [0.717, 1.165) is 43.0 Å². The highest BCUT2D eigenvalue weighted by molar-refractivity contribution is 6.33. The van der Waals surface area contributed by atoms with Gasteiger partial charge in [-0.1, -0.05) is 60.1 Å². The van der Waals surface area contributed by atoms with Gasteiger partial charge in [0.1, 0.15) is 0 Å². The van der Waals surface area contributed by atoms with E-state index in [0.29, 0.717) is 51.5 Å². The molecule has 12 heteroatoms.